The Bertz CT molecular complexity index is 979. The van der Waals surface area contributed by atoms with Crippen LogP contribution in [0, 0.1) is 11.3 Å². The van der Waals surface area contributed by atoms with Gasteiger partial charge < -0.3 is 19.9 Å². The number of rotatable bonds is 7. The Labute approximate surface area is 170 Å². The summed E-state index contributed by atoms with van der Waals surface area (Å²) in [6, 6.07) is 11.1. The highest BCUT2D eigenvalue weighted by atomic mass is 79.9. The van der Waals surface area contributed by atoms with Gasteiger partial charge in [-0.1, -0.05) is 12.1 Å². The molecule has 0 aliphatic carbocycles. The minimum Gasteiger partial charge on any atom is -0.493 e. The molecule has 0 atom stereocenters. The Hall–Kier alpha value is -3.31. The zero-order chi connectivity index (χ0) is 20.7. The normalized spacial score (nSPS) is 10.7. The molecule has 0 aliphatic heterocycles. The van der Waals surface area contributed by atoms with E-state index in [9.17, 15) is 20.0 Å². The fourth-order valence-corrected chi connectivity index (χ4v) is 2.97. The van der Waals surface area contributed by atoms with E-state index in [1.54, 1.807) is 24.3 Å². The highest BCUT2D eigenvalue weighted by molar-refractivity contribution is 9.10. The number of benzene rings is 2. The molecule has 144 valence electrons. The number of para-hydroxylation sites is 1. The lowest BCUT2D eigenvalue weighted by molar-refractivity contribution is -0.112. The van der Waals surface area contributed by atoms with Crippen LogP contribution in [-0.4, -0.2) is 30.7 Å². The van der Waals surface area contributed by atoms with E-state index in [0.29, 0.717) is 28.1 Å². The van der Waals surface area contributed by atoms with Gasteiger partial charge in [-0.05, 0) is 58.8 Å². The summed E-state index contributed by atoms with van der Waals surface area (Å²) in [6.45, 7) is 2.28. The highest BCUT2D eigenvalue weighted by Gasteiger charge is 2.16. The number of methoxy groups -OCH3 is 1. The number of carbonyl (C=O) groups is 2. The molecule has 0 radical (unpaired) electrons. The number of carbonyl (C=O) groups excluding carboxylic acids is 1. The number of carboxylic acid groups (broad SMARTS) is 1. The van der Waals surface area contributed by atoms with Crippen molar-refractivity contribution >= 4 is 39.6 Å². The highest BCUT2D eigenvalue weighted by Crippen LogP contribution is 2.37. The molecule has 1 amide bonds. The quantitative estimate of drug-likeness (QED) is 0.491. The Morgan fingerprint density at radius 2 is 2.04 bits per heavy atom. The van der Waals surface area contributed by atoms with E-state index in [-0.39, 0.29) is 16.8 Å². The Kier molecular flexibility index (Phi) is 7.18. The van der Waals surface area contributed by atoms with Crippen LogP contribution in [-0.2, 0) is 4.79 Å². The van der Waals surface area contributed by atoms with Gasteiger partial charge in [-0.15, -0.1) is 0 Å². The van der Waals surface area contributed by atoms with Crippen LogP contribution in [0.25, 0.3) is 6.08 Å². The van der Waals surface area contributed by atoms with Gasteiger partial charge in [-0.25, -0.2) is 4.79 Å². The summed E-state index contributed by atoms with van der Waals surface area (Å²) in [7, 11) is 1.48. The van der Waals surface area contributed by atoms with Gasteiger partial charge in [0, 0.05) is 0 Å². The first-order valence-corrected chi connectivity index (χ1v) is 8.96. The minimum absolute atomic E-state index is 0.0707. The molecule has 0 fully saturated rings. The fraction of sp³-hybridized carbons (Fsp3) is 0.150. The molecule has 0 bridgehead atoms. The van der Waals surface area contributed by atoms with Crippen molar-refractivity contribution in [3.8, 4) is 17.6 Å². The van der Waals surface area contributed by atoms with Gasteiger partial charge in [0.1, 0.15) is 11.6 Å². The maximum absolute atomic E-state index is 12.5. The van der Waals surface area contributed by atoms with E-state index in [1.165, 1.54) is 25.3 Å². The van der Waals surface area contributed by atoms with Crippen LogP contribution < -0.4 is 14.8 Å². The van der Waals surface area contributed by atoms with E-state index < -0.39 is 11.9 Å². The van der Waals surface area contributed by atoms with Gasteiger partial charge in [-0.2, -0.15) is 5.26 Å². The monoisotopic (exact) mass is 444 g/mol. The molecule has 2 aromatic carbocycles. The Morgan fingerprint density at radius 1 is 1.32 bits per heavy atom. The predicted molar refractivity (Wildman–Crippen MR) is 107 cm³/mol. The molecule has 0 unspecified atom stereocenters. The van der Waals surface area contributed by atoms with Crippen LogP contribution in [0.5, 0.6) is 11.5 Å². The number of anilines is 1. The number of ether oxygens (including phenoxy) is 2. The minimum atomic E-state index is -1.18. The molecule has 8 heteroatoms. The van der Waals surface area contributed by atoms with Crippen LogP contribution in [0.2, 0.25) is 0 Å². The molecule has 0 saturated carbocycles. The number of nitrogens with one attached hydrogen (secondary N) is 1. The second kappa shape index (κ2) is 9.58. The summed E-state index contributed by atoms with van der Waals surface area (Å²) in [5, 5.41) is 21.1. The molecule has 0 aliphatic rings. The van der Waals surface area contributed by atoms with Crippen molar-refractivity contribution in [3.63, 3.8) is 0 Å². The van der Waals surface area contributed by atoms with Crippen molar-refractivity contribution in [1.29, 1.82) is 5.26 Å². The van der Waals surface area contributed by atoms with Crippen molar-refractivity contribution in [2.75, 3.05) is 19.0 Å². The van der Waals surface area contributed by atoms with E-state index in [2.05, 4.69) is 21.2 Å². The van der Waals surface area contributed by atoms with Crippen LogP contribution >= 0.6 is 15.9 Å². The van der Waals surface area contributed by atoms with Gasteiger partial charge in [0.05, 0.1) is 29.4 Å². The van der Waals surface area contributed by atoms with Crippen LogP contribution in [0.15, 0.2) is 46.4 Å². The summed E-state index contributed by atoms with van der Waals surface area (Å²) in [5.74, 6) is -0.948. The lowest BCUT2D eigenvalue weighted by atomic mass is 10.1. The van der Waals surface area contributed by atoms with Gasteiger partial charge in [0.25, 0.3) is 5.91 Å². The molecule has 2 rings (SSSR count). The second-order valence-corrected chi connectivity index (χ2v) is 6.30. The number of hydrogen-bond acceptors (Lipinski definition) is 5. The first-order valence-electron chi connectivity index (χ1n) is 8.17. The number of carboxylic acids is 1. The molecule has 2 N–H and O–H groups in total. The predicted octanol–water partition coefficient (Wildman–Crippen LogP) is 4.10. The molecule has 7 nitrogen and oxygen atoms in total. The van der Waals surface area contributed by atoms with Crippen LogP contribution in [0.3, 0.4) is 0 Å². The second-order valence-electron chi connectivity index (χ2n) is 5.44. The SMILES string of the molecule is CCOc1c(Br)cc(/C=C(\C#N)C(=O)Nc2ccccc2C(=O)O)cc1OC. The smallest absolute Gasteiger partial charge is 0.337 e. The van der Waals surface area contributed by atoms with Crippen molar-refractivity contribution in [2.45, 2.75) is 6.92 Å². The van der Waals surface area contributed by atoms with E-state index >= 15 is 0 Å². The first-order chi connectivity index (χ1) is 13.4. The summed E-state index contributed by atoms with van der Waals surface area (Å²) < 4.78 is 11.4. The van der Waals surface area contributed by atoms with Crippen molar-refractivity contribution < 1.29 is 24.2 Å². The molecule has 2 aromatic rings. The van der Waals surface area contributed by atoms with E-state index in [0.717, 1.165) is 0 Å². The third kappa shape index (κ3) is 4.90. The molecule has 0 spiro atoms. The average Bonchev–Trinajstić information content (AvgIpc) is 2.68. The first kappa shape index (κ1) is 21.0. The molecular formula is C20H17BrN2O5. The number of aromatic carboxylic acids is 1. The molecule has 0 aromatic heterocycles. The summed E-state index contributed by atoms with van der Waals surface area (Å²) in [5.41, 5.74) is 0.369. The fourth-order valence-electron chi connectivity index (χ4n) is 2.39. The number of nitrogens with zero attached hydrogens (tertiary/aromatic N) is 1. The van der Waals surface area contributed by atoms with Gasteiger partial charge in [0.2, 0.25) is 0 Å². The van der Waals surface area contributed by atoms with Crippen molar-refractivity contribution in [3.05, 3.63) is 57.6 Å². The molecule has 0 saturated heterocycles. The van der Waals surface area contributed by atoms with Gasteiger partial charge in [0.15, 0.2) is 11.5 Å². The lowest BCUT2D eigenvalue weighted by Gasteiger charge is -2.12. The number of hydrogen-bond donors (Lipinski definition) is 2. The van der Waals surface area contributed by atoms with Crippen LogP contribution in [0.1, 0.15) is 22.8 Å². The standard InChI is InChI=1S/C20H17BrN2O5/c1-3-28-18-15(21)9-12(10-17(18)27-2)8-13(11-22)19(24)23-16-7-5-4-6-14(16)20(25)26/h4-10H,3H2,1-2H3,(H,23,24)(H,25,26)/b13-8+. The zero-order valence-electron chi connectivity index (χ0n) is 15.2. The summed E-state index contributed by atoms with van der Waals surface area (Å²) in [6.07, 6.45) is 1.38. The molecular weight excluding hydrogens is 428 g/mol. The maximum Gasteiger partial charge on any atom is 0.337 e. The number of halogens is 1. The number of amides is 1. The molecule has 28 heavy (non-hydrogen) atoms. The topological polar surface area (TPSA) is 109 Å². The Morgan fingerprint density at radius 3 is 2.64 bits per heavy atom. The van der Waals surface area contributed by atoms with E-state index in [4.69, 9.17) is 9.47 Å². The number of nitriles is 1. The third-order valence-electron chi connectivity index (χ3n) is 3.62. The van der Waals surface area contributed by atoms with Gasteiger partial charge >= 0.3 is 5.97 Å². The summed E-state index contributed by atoms with van der Waals surface area (Å²) in [4.78, 5) is 23.7. The van der Waals surface area contributed by atoms with Crippen LogP contribution in [0.4, 0.5) is 5.69 Å². The third-order valence-corrected chi connectivity index (χ3v) is 4.21. The zero-order valence-corrected chi connectivity index (χ0v) is 16.7. The average molecular weight is 445 g/mol. The molecule has 0 heterocycles. The Balaban J connectivity index is 2.36. The maximum atomic E-state index is 12.5. The summed E-state index contributed by atoms with van der Waals surface area (Å²) >= 11 is 3.38. The van der Waals surface area contributed by atoms with E-state index in [1.807, 2.05) is 13.0 Å². The van der Waals surface area contributed by atoms with Crippen molar-refractivity contribution in [2.24, 2.45) is 0 Å². The van der Waals surface area contributed by atoms with Gasteiger partial charge in [-0.3, -0.25) is 4.79 Å². The largest absolute Gasteiger partial charge is 0.493 e. The van der Waals surface area contributed by atoms with Crippen molar-refractivity contribution in [1.82, 2.24) is 0 Å². The lowest BCUT2D eigenvalue weighted by Crippen LogP contribution is -2.16.